The van der Waals surface area contributed by atoms with E-state index in [-0.39, 0.29) is 0 Å². The molecule has 0 spiro atoms. The van der Waals surface area contributed by atoms with Crippen molar-refractivity contribution in [3.8, 4) is 0 Å². The molecule has 1 aliphatic rings. The molecule has 2 N–H and O–H groups in total. The summed E-state index contributed by atoms with van der Waals surface area (Å²) in [4.78, 5) is 11.9. The highest BCUT2D eigenvalue weighted by Gasteiger charge is 2.28. The van der Waals surface area contributed by atoms with Gasteiger partial charge < -0.3 is 5.11 Å². The van der Waals surface area contributed by atoms with Gasteiger partial charge in [0.2, 0.25) is 5.13 Å². The fourth-order valence-electron chi connectivity index (χ4n) is 1.74. The van der Waals surface area contributed by atoms with E-state index >= 15 is 0 Å². The number of benzene rings is 1. The average molecular weight is 275 g/mol. The molecular weight excluding hydrogens is 262 g/mol. The van der Waals surface area contributed by atoms with Crippen LogP contribution in [0.25, 0.3) is 0 Å². The summed E-state index contributed by atoms with van der Waals surface area (Å²) in [5.41, 5.74) is 0.562. The molecular formula is C13H13N3O2S. The largest absolute Gasteiger partial charge is 0.378 e. The van der Waals surface area contributed by atoms with Crippen LogP contribution in [0.15, 0.2) is 30.3 Å². The number of amides is 1. The molecule has 0 aliphatic heterocycles. The van der Waals surface area contributed by atoms with Crippen LogP contribution in [0.3, 0.4) is 0 Å². The molecule has 1 saturated carbocycles. The fraction of sp³-hybridized carbons (Fsp3) is 0.308. The number of aliphatic hydroxyl groups is 1. The van der Waals surface area contributed by atoms with Crippen LogP contribution < -0.4 is 5.32 Å². The molecule has 1 atom stereocenters. The molecule has 1 amide bonds. The van der Waals surface area contributed by atoms with Crippen molar-refractivity contribution in [2.24, 2.45) is 0 Å². The molecule has 3 rings (SSSR count). The van der Waals surface area contributed by atoms with Gasteiger partial charge in [-0.1, -0.05) is 41.7 Å². The number of carbonyl (C=O) groups is 1. The molecule has 0 radical (unpaired) electrons. The lowest BCUT2D eigenvalue weighted by atomic mass is 10.1. The smallest absolute Gasteiger partial charge is 0.259 e. The second-order valence-electron chi connectivity index (χ2n) is 4.52. The number of aromatic nitrogens is 2. The van der Waals surface area contributed by atoms with Gasteiger partial charge in [-0.05, 0) is 18.4 Å². The van der Waals surface area contributed by atoms with Crippen LogP contribution in [-0.4, -0.2) is 21.2 Å². The van der Waals surface area contributed by atoms with Gasteiger partial charge in [0.1, 0.15) is 5.01 Å². The maximum atomic E-state index is 11.9. The quantitative estimate of drug-likeness (QED) is 0.896. The van der Waals surface area contributed by atoms with Crippen molar-refractivity contribution >= 4 is 22.4 Å². The van der Waals surface area contributed by atoms with E-state index < -0.39 is 12.0 Å². The molecule has 0 saturated heterocycles. The SMILES string of the molecule is O=C(Nc1nnc(C2CC2)s1)C(O)c1ccccc1. The van der Waals surface area contributed by atoms with E-state index in [4.69, 9.17) is 0 Å². The van der Waals surface area contributed by atoms with Crippen molar-refractivity contribution in [1.82, 2.24) is 10.2 Å². The van der Waals surface area contributed by atoms with Gasteiger partial charge >= 0.3 is 0 Å². The predicted molar refractivity (Wildman–Crippen MR) is 71.9 cm³/mol. The lowest BCUT2D eigenvalue weighted by Gasteiger charge is -2.09. The minimum absolute atomic E-state index is 0.446. The van der Waals surface area contributed by atoms with Crippen LogP contribution >= 0.6 is 11.3 Å². The van der Waals surface area contributed by atoms with Gasteiger partial charge in [-0.15, -0.1) is 10.2 Å². The van der Waals surface area contributed by atoms with Crippen LogP contribution in [0.5, 0.6) is 0 Å². The van der Waals surface area contributed by atoms with Gasteiger partial charge in [-0.3, -0.25) is 10.1 Å². The Morgan fingerprint density at radius 1 is 1.32 bits per heavy atom. The van der Waals surface area contributed by atoms with E-state index in [0.29, 0.717) is 16.6 Å². The summed E-state index contributed by atoms with van der Waals surface area (Å²) in [6.45, 7) is 0. The summed E-state index contributed by atoms with van der Waals surface area (Å²) in [5.74, 6) is 0.0342. The Balaban J connectivity index is 1.66. The minimum Gasteiger partial charge on any atom is -0.378 e. The number of carbonyl (C=O) groups excluding carboxylic acids is 1. The van der Waals surface area contributed by atoms with Crippen molar-refractivity contribution in [1.29, 1.82) is 0 Å². The summed E-state index contributed by atoms with van der Waals surface area (Å²) < 4.78 is 0. The summed E-state index contributed by atoms with van der Waals surface area (Å²) >= 11 is 1.38. The van der Waals surface area contributed by atoms with Crippen molar-refractivity contribution in [3.05, 3.63) is 40.9 Å². The van der Waals surface area contributed by atoms with Crippen molar-refractivity contribution < 1.29 is 9.90 Å². The van der Waals surface area contributed by atoms with Gasteiger partial charge in [-0.25, -0.2) is 0 Å². The number of aliphatic hydroxyl groups excluding tert-OH is 1. The van der Waals surface area contributed by atoms with E-state index in [1.54, 1.807) is 24.3 Å². The van der Waals surface area contributed by atoms with Gasteiger partial charge in [0.05, 0.1) is 0 Å². The molecule has 98 valence electrons. The zero-order valence-corrected chi connectivity index (χ0v) is 10.9. The highest BCUT2D eigenvalue weighted by atomic mass is 32.1. The van der Waals surface area contributed by atoms with E-state index in [1.807, 2.05) is 6.07 Å². The number of anilines is 1. The first-order chi connectivity index (χ1) is 9.24. The number of rotatable bonds is 4. The zero-order valence-electron chi connectivity index (χ0n) is 10.1. The molecule has 1 aromatic carbocycles. The predicted octanol–water partition coefficient (Wildman–Crippen LogP) is 2.09. The number of nitrogens with one attached hydrogen (secondary N) is 1. The number of hydrogen-bond acceptors (Lipinski definition) is 5. The maximum Gasteiger partial charge on any atom is 0.259 e. The van der Waals surface area contributed by atoms with Crippen molar-refractivity contribution in [2.75, 3.05) is 5.32 Å². The number of hydrogen-bond donors (Lipinski definition) is 2. The lowest BCUT2D eigenvalue weighted by Crippen LogP contribution is -2.20. The first-order valence-electron chi connectivity index (χ1n) is 6.11. The molecule has 1 heterocycles. The topological polar surface area (TPSA) is 75.1 Å². The van der Waals surface area contributed by atoms with Gasteiger partial charge in [0.15, 0.2) is 6.10 Å². The zero-order chi connectivity index (χ0) is 13.2. The van der Waals surface area contributed by atoms with Crippen LogP contribution in [0.4, 0.5) is 5.13 Å². The monoisotopic (exact) mass is 275 g/mol. The molecule has 19 heavy (non-hydrogen) atoms. The Labute approximate surface area is 114 Å². The molecule has 0 bridgehead atoms. The summed E-state index contributed by atoms with van der Waals surface area (Å²) in [6.07, 6.45) is 1.11. The third kappa shape index (κ3) is 2.80. The van der Waals surface area contributed by atoms with Crippen molar-refractivity contribution in [3.63, 3.8) is 0 Å². The first-order valence-corrected chi connectivity index (χ1v) is 6.93. The Kier molecular flexibility index (Phi) is 3.27. The summed E-state index contributed by atoms with van der Waals surface area (Å²) in [7, 11) is 0. The Bertz CT molecular complexity index is 581. The standard InChI is InChI=1S/C13H13N3O2S/c17-10(8-4-2-1-3-5-8)11(18)14-13-16-15-12(19-13)9-6-7-9/h1-5,9-10,17H,6-7H2,(H,14,16,18). The van der Waals surface area contributed by atoms with Gasteiger partial charge in [0, 0.05) is 5.92 Å². The fourth-order valence-corrected chi connectivity index (χ4v) is 2.66. The normalized spacial score (nSPS) is 16.1. The molecule has 5 nitrogen and oxygen atoms in total. The van der Waals surface area contributed by atoms with Crippen LogP contribution in [-0.2, 0) is 4.79 Å². The summed E-state index contributed by atoms with van der Waals surface area (Å²) in [6, 6.07) is 8.81. The van der Waals surface area contributed by atoms with E-state index in [9.17, 15) is 9.90 Å². The molecule has 1 aliphatic carbocycles. The maximum absolute atomic E-state index is 11.9. The van der Waals surface area contributed by atoms with Crippen LogP contribution in [0.1, 0.15) is 35.4 Å². The van der Waals surface area contributed by atoms with Gasteiger partial charge in [-0.2, -0.15) is 0 Å². The third-order valence-electron chi connectivity index (χ3n) is 2.96. The summed E-state index contributed by atoms with van der Waals surface area (Å²) in [5, 5.41) is 21.9. The van der Waals surface area contributed by atoms with Crippen molar-refractivity contribution in [2.45, 2.75) is 24.9 Å². The third-order valence-corrected chi connectivity index (χ3v) is 3.96. The second-order valence-corrected chi connectivity index (χ2v) is 5.53. The van der Waals surface area contributed by atoms with Gasteiger partial charge in [0.25, 0.3) is 5.91 Å². The average Bonchev–Trinajstić information content (AvgIpc) is 3.20. The van der Waals surface area contributed by atoms with Crippen LogP contribution in [0.2, 0.25) is 0 Å². The first kappa shape index (κ1) is 12.3. The minimum atomic E-state index is -1.19. The second kappa shape index (κ2) is 5.07. The Morgan fingerprint density at radius 2 is 2.05 bits per heavy atom. The number of nitrogens with zero attached hydrogens (tertiary/aromatic N) is 2. The lowest BCUT2D eigenvalue weighted by molar-refractivity contribution is -0.124. The molecule has 1 aromatic heterocycles. The molecule has 6 heteroatoms. The van der Waals surface area contributed by atoms with E-state index in [1.165, 1.54) is 11.3 Å². The Hall–Kier alpha value is -1.79. The van der Waals surface area contributed by atoms with E-state index in [2.05, 4.69) is 15.5 Å². The highest BCUT2D eigenvalue weighted by Crippen LogP contribution is 2.42. The highest BCUT2D eigenvalue weighted by molar-refractivity contribution is 7.15. The van der Waals surface area contributed by atoms with Crippen LogP contribution in [0, 0.1) is 0 Å². The molecule has 1 unspecified atom stereocenters. The Morgan fingerprint density at radius 3 is 2.74 bits per heavy atom. The molecule has 1 fully saturated rings. The molecule has 2 aromatic rings. The van der Waals surface area contributed by atoms with E-state index in [0.717, 1.165) is 17.8 Å².